The average Bonchev–Trinajstić information content (AvgIpc) is 2.43. The van der Waals surface area contributed by atoms with Crippen molar-refractivity contribution in [2.45, 2.75) is 11.2 Å². The molecule has 1 aromatic rings. The van der Waals surface area contributed by atoms with Gasteiger partial charge in [-0.25, -0.2) is 0 Å². The van der Waals surface area contributed by atoms with Crippen LogP contribution in [0.5, 0.6) is 5.75 Å². The van der Waals surface area contributed by atoms with Crippen LogP contribution in [0.15, 0.2) is 42.6 Å². The Labute approximate surface area is 122 Å². The van der Waals surface area contributed by atoms with Gasteiger partial charge in [0.2, 0.25) is 0 Å². The summed E-state index contributed by atoms with van der Waals surface area (Å²) < 4.78 is 10.5. The molecule has 0 spiro atoms. The van der Waals surface area contributed by atoms with Crippen LogP contribution in [-0.2, 0) is 4.74 Å². The van der Waals surface area contributed by atoms with E-state index in [1.54, 1.807) is 7.11 Å². The first-order valence-electron chi connectivity index (χ1n) is 6.23. The Morgan fingerprint density at radius 2 is 2.05 bits per heavy atom. The maximum absolute atomic E-state index is 5.54. The Morgan fingerprint density at radius 1 is 1.32 bits per heavy atom. The van der Waals surface area contributed by atoms with Gasteiger partial charge < -0.3 is 14.8 Å². The number of hydrogen-bond acceptors (Lipinski definition) is 3. The van der Waals surface area contributed by atoms with Crippen LogP contribution >= 0.6 is 15.9 Å². The lowest BCUT2D eigenvalue weighted by Gasteiger charge is -2.22. The first kappa shape index (κ1) is 14.2. The molecule has 0 radical (unpaired) electrons. The summed E-state index contributed by atoms with van der Waals surface area (Å²) in [6.07, 6.45) is 3.13. The van der Waals surface area contributed by atoms with Crippen molar-refractivity contribution in [2.24, 2.45) is 0 Å². The molecular formula is C15H18BrNO2. The Kier molecular flexibility index (Phi) is 5.05. The van der Waals surface area contributed by atoms with Gasteiger partial charge in [0, 0.05) is 18.5 Å². The van der Waals surface area contributed by atoms with Crippen LogP contribution < -0.4 is 10.1 Å². The van der Waals surface area contributed by atoms with E-state index in [0.717, 1.165) is 29.1 Å². The molecule has 102 valence electrons. The zero-order valence-corrected chi connectivity index (χ0v) is 12.6. The number of ether oxygens (including phenoxy) is 2. The van der Waals surface area contributed by atoms with E-state index in [0.29, 0.717) is 18.0 Å². The SMILES string of the molecule is C=C1NC(c2ccc(OCCOC)cc2)=CCC1Br. The van der Waals surface area contributed by atoms with Gasteiger partial charge in [-0.3, -0.25) is 0 Å². The summed E-state index contributed by atoms with van der Waals surface area (Å²) in [7, 11) is 1.66. The van der Waals surface area contributed by atoms with Crippen LogP contribution in [0.1, 0.15) is 12.0 Å². The molecule has 1 aliphatic heterocycles. The first-order chi connectivity index (χ1) is 9.20. The van der Waals surface area contributed by atoms with Crippen LogP contribution in [0, 0.1) is 0 Å². The van der Waals surface area contributed by atoms with Crippen molar-refractivity contribution in [3.63, 3.8) is 0 Å². The van der Waals surface area contributed by atoms with Gasteiger partial charge >= 0.3 is 0 Å². The number of benzene rings is 1. The van der Waals surface area contributed by atoms with Crippen LogP contribution in [0.2, 0.25) is 0 Å². The van der Waals surface area contributed by atoms with Crippen molar-refractivity contribution in [2.75, 3.05) is 20.3 Å². The maximum Gasteiger partial charge on any atom is 0.119 e. The monoisotopic (exact) mass is 323 g/mol. The molecule has 1 aromatic carbocycles. The van der Waals surface area contributed by atoms with Crippen LogP contribution in [0.4, 0.5) is 0 Å². The molecule has 0 saturated heterocycles. The van der Waals surface area contributed by atoms with Crippen LogP contribution in [0.3, 0.4) is 0 Å². The molecule has 0 bridgehead atoms. The number of methoxy groups -OCH3 is 1. The fourth-order valence-electron chi connectivity index (χ4n) is 1.83. The molecule has 1 atom stereocenters. The highest BCUT2D eigenvalue weighted by Gasteiger charge is 2.15. The molecule has 3 nitrogen and oxygen atoms in total. The minimum atomic E-state index is 0.313. The third-order valence-electron chi connectivity index (χ3n) is 2.92. The van der Waals surface area contributed by atoms with Gasteiger partial charge in [-0.05, 0) is 36.2 Å². The largest absolute Gasteiger partial charge is 0.491 e. The molecule has 0 aromatic heterocycles. The molecule has 0 amide bonds. The molecule has 0 saturated carbocycles. The smallest absolute Gasteiger partial charge is 0.119 e. The van der Waals surface area contributed by atoms with Gasteiger partial charge in [-0.15, -0.1) is 0 Å². The Bertz CT molecular complexity index is 468. The third kappa shape index (κ3) is 3.85. The minimum absolute atomic E-state index is 0.313. The van der Waals surface area contributed by atoms with Crippen molar-refractivity contribution >= 4 is 21.6 Å². The summed E-state index contributed by atoms with van der Waals surface area (Å²) in [5.74, 6) is 0.856. The molecule has 4 heteroatoms. The number of alkyl halides is 1. The third-order valence-corrected chi connectivity index (χ3v) is 3.85. The molecule has 1 aliphatic rings. The van der Waals surface area contributed by atoms with Gasteiger partial charge in [0.25, 0.3) is 0 Å². The topological polar surface area (TPSA) is 30.5 Å². The van der Waals surface area contributed by atoms with Crippen molar-refractivity contribution in [3.8, 4) is 5.75 Å². The van der Waals surface area contributed by atoms with E-state index < -0.39 is 0 Å². The number of rotatable bonds is 5. The molecular weight excluding hydrogens is 306 g/mol. The Balaban J connectivity index is 2.00. The molecule has 1 N–H and O–H groups in total. The summed E-state index contributed by atoms with van der Waals surface area (Å²) in [5, 5.41) is 3.31. The molecule has 1 heterocycles. The van der Waals surface area contributed by atoms with Gasteiger partial charge in [0.1, 0.15) is 12.4 Å². The highest BCUT2D eigenvalue weighted by molar-refractivity contribution is 9.09. The highest BCUT2D eigenvalue weighted by Crippen LogP contribution is 2.26. The van der Waals surface area contributed by atoms with Crippen molar-refractivity contribution in [1.29, 1.82) is 0 Å². The van der Waals surface area contributed by atoms with Crippen molar-refractivity contribution in [3.05, 3.63) is 48.2 Å². The van der Waals surface area contributed by atoms with E-state index in [-0.39, 0.29) is 0 Å². The quantitative estimate of drug-likeness (QED) is 0.666. The lowest BCUT2D eigenvalue weighted by Crippen LogP contribution is -2.22. The maximum atomic E-state index is 5.54. The lowest BCUT2D eigenvalue weighted by atomic mass is 10.1. The first-order valence-corrected chi connectivity index (χ1v) is 7.14. The Hall–Kier alpha value is -1.26. The number of nitrogens with one attached hydrogen (secondary N) is 1. The second-order valence-electron chi connectivity index (χ2n) is 4.34. The number of allylic oxidation sites excluding steroid dienone is 2. The minimum Gasteiger partial charge on any atom is -0.491 e. The molecule has 2 rings (SSSR count). The van der Waals surface area contributed by atoms with Crippen molar-refractivity contribution < 1.29 is 9.47 Å². The summed E-state index contributed by atoms with van der Waals surface area (Å²) in [5.41, 5.74) is 3.24. The number of hydrogen-bond donors (Lipinski definition) is 1. The fraction of sp³-hybridized carbons (Fsp3) is 0.333. The van der Waals surface area contributed by atoms with Crippen LogP contribution in [0.25, 0.3) is 5.70 Å². The van der Waals surface area contributed by atoms with Gasteiger partial charge in [0.05, 0.1) is 11.4 Å². The lowest BCUT2D eigenvalue weighted by molar-refractivity contribution is 0.146. The normalized spacial score (nSPS) is 18.7. The van der Waals surface area contributed by atoms with E-state index in [2.05, 4.69) is 33.9 Å². The molecule has 0 fully saturated rings. The van der Waals surface area contributed by atoms with Gasteiger partial charge in [-0.1, -0.05) is 28.6 Å². The second-order valence-corrected chi connectivity index (χ2v) is 5.44. The van der Waals surface area contributed by atoms with E-state index >= 15 is 0 Å². The zero-order valence-electron chi connectivity index (χ0n) is 11.0. The van der Waals surface area contributed by atoms with E-state index in [4.69, 9.17) is 9.47 Å². The molecule has 1 unspecified atom stereocenters. The summed E-state index contributed by atoms with van der Waals surface area (Å²) >= 11 is 3.56. The predicted octanol–water partition coefficient (Wildman–Crippen LogP) is 3.32. The van der Waals surface area contributed by atoms with E-state index in [1.165, 1.54) is 0 Å². The van der Waals surface area contributed by atoms with E-state index in [9.17, 15) is 0 Å². The highest BCUT2D eigenvalue weighted by atomic mass is 79.9. The summed E-state index contributed by atoms with van der Waals surface area (Å²) in [6, 6.07) is 8.03. The van der Waals surface area contributed by atoms with Crippen molar-refractivity contribution in [1.82, 2.24) is 5.32 Å². The summed E-state index contributed by atoms with van der Waals surface area (Å²) in [6.45, 7) is 5.17. The fourth-order valence-corrected chi connectivity index (χ4v) is 2.13. The number of halogens is 1. The molecule has 0 aliphatic carbocycles. The average molecular weight is 324 g/mol. The standard InChI is InChI=1S/C15H18BrNO2/c1-11-14(16)7-8-15(17-11)12-3-5-13(6-4-12)19-10-9-18-2/h3-6,8,14,17H,1,7,9-10H2,2H3. The summed E-state index contributed by atoms with van der Waals surface area (Å²) in [4.78, 5) is 0.313. The van der Waals surface area contributed by atoms with Crippen LogP contribution in [-0.4, -0.2) is 25.2 Å². The van der Waals surface area contributed by atoms with Gasteiger partial charge in [0.15, 0.2) is 0 Å². The second kappa shape index (κ2) is 6.78. The van der Waals surface area contributed by atoms with Gasteiger partial charge in [-0.2, -0.15) is 0 Å². The Morgan fingerprint density at radius 3 is 2.68 bits per heavy atom. The zero-order chi connectivity index (χ0) is 13.7. The predicted molar refractivity (Wildman–Crippen MR) is 81.4 cm³/mol. The molecule has 19 heavy (non-hydrogen) atoms. The van der Waals surface area contributed by atoms with E-state index in [1.807, 2.05) is 24.3 Å².